The summed E-state index contributed by atoms with van der Waals surface area (Å²) >= 11 is 0. The van der Waals surface area contributed by atoms with Crippen molar-refractivity contribution in [2.45, 2.75) is 50.3 Å². The monoisotopic (exact) mass is 328 g/mol. The van der Waals surface area contributed by atoms with Crippen LogP contribution in [0.1, 0.15) is 38.5 Å². The van der Waals surface area contributed by atoms with E-state index in [2.05, 4.69) is 0 Å². The second kappa shape index (κ2) is 7.47. The Morgan fingerprint density at radius 3 is 1.74 bits per heavy atom. The van der Waals surface area contributed by atoms with Gasteiger partial charge in [-0.3, -0.25) is 0 Å². The zero-order valence-electron chi connectivity index (χ0n) is 13.5. The van der Waals surface area contributed by atoms with Gasteiger partial charge < -0.3 is 9.67 Å². The van der Waals surface area contributed by atoms with Gasteiger partial charge in [0, 0.05) is 16.3 Å². The Balaban J connectivity index is 2.10. The molecule has 23 heavy (non-hydrogen) atoms. The van der Waals surface area contributed by atoms with Gasteiger partial charge in [0.05, 0.1) is 6.10 Å². The van der Waals surface area contributed by atoms with Gasteiger partial charge in [-0.15, -0.1) is 0 Å². The average Bonchev–Trinajstić information content (AvgIpc) is 2.59. The smallest absolute Gasteiger partial charge is 0.148 e. The number of aliphatic hydroxyl groups is 1. The summed E-state index contributed by atoms with van der Waals surface area (Å²) in [5, 5.41) is 12.5. The molecule has 2 nitrogen and oxygen atoms in total. The molecule has 1 aliphatic rings. The summed E-state index contributed by atoms with van der Waals surface area (Å²) in [6.07, 6.45) is 5.53. The maximum atomic E-state index is 14.3. The molecule has 1 saturated carbocycles. The third-order valence-electron chi connectivity index (χ3n) is 4.94. The van der Waals surface area contributed by atoms with E-state index in [0.29, 0.717) is 0 Å². The maximum Gasteiger partial charge on any atom is 0.148 e. The molecule has 0 aliphatic heterocycles. The lowest BCUT2D eigenvalue weighted by Crippen LogP contribution is -2.35. The van der Waals surface area contributed by atoms with Gasteiger partial charge in [-0.1, -0.05) is 86.3 Å². The van der Waals surface area contributed by atoms with Crippen molar-refractivity contribution >= 4 is 17.8 Å². The number of hydrogen-bond acceptors (Lipinski definition) is 2. The predicted molar refractivity (Wildman–Crippen MR) is 97.3 cm³/mol. The SMILES string of the molecule is O=P(c1ccccc1)(c1ccccc1)[C@H]1CCCCCC[C@@H]1O. The molecule has 2 atom stereocenters. The lowest BCUT2D eigenvalue weighted by Gasteiger charge is -2.33. The first kappa shape index (κ1) is 16.5. The molecule has 0 radical (unpaired) electrons. The van der Waals surface area contributed by atoms with E-state index in [1.165, 1.54) is 12.8 Å². The Morgan fingerprint density at radius 2 is 1.22 bits per heavy atom. The van der Waals surface area contributed by atoms with Gasteiger partial charge in [0.15, 0.2) is 0 Å². The molecular weight excluding hydrogens is 303 g/mol. The molecule has 122 valence electrons. The Hall–Kier alpha value is -1.37. The van der Waals surface area contributed by atoms with Crippen LogP contribution in [-0.2, 0) is 4.57 Å². The fourth-order valence-electron chi connectivity index (χ4n) is 3.70. The molecular formula is C20H25O2P. The molecule has 0 bridgehead atoms. The van der Waals surface area contributed by atoms with Crippen molar-refractivity contribution in [1.29, 1.82) is 0 Å². The molecule has 1 fully saturated rings. The van der Waals surface area contributed by atoms with E-state index in [1.54, 1.807) is 0 Å². The van der Waals surface area contributed by atoms with Crippen molar-refractivity contribution in [1.82, 2.24) is 0 Å². The molecule has 0 spiro atoms. The maximum absolute atomic E-state index is 14.3. The third kappa shape index (κ3) is 3.44. The average molecular weight is 328 g/mol. The van der Waals surface area contributed by atoms with Crippen LogP contribution in [0.25, 0.3) is 0 Å². The van der Waals surface area contributed by atoms with Crippen LogP contribution in [-0.4, -0.2) is 16.9 Å². The first-order valence-electron chi connectivity index (χ1n) is 8.62. The number of rotatable bonds is 3. The number of hydrogen-bond donors (Lipinski definition) is 1. The van der Waals surface area contributed by atoms with Gasteiger partial charge in [0.1, 0.15) is 7.14 Å². The van der Waals surface area contributed by atoms with E-state index in [-0.39, 0.29) is 5.66 Å². The van der Waals surface area contributed by atoms with Gasteiger partial charge in [0.25, 0.3) is 0 Å². The molecule has 3 rings (SSSR count). The normalized spacial score (nSPS) is 23.0. The zero-order valence-corrected chi connectivity index (χ0v) is 14.4. The molecule has 2 aromatic carbocycles. The van der Waals surface area contributed by atoms with Crippen LogP contribution in [0, 0.1) is 0 Å². The highest BCUT2D eigenvalue weighted by atomic mass is 31.2. The first-order valence-corrected chi connectivity index (χ1v) is 10.4. The van der Waals surface area contributed by atoms with Crippen molar-refractivity contribution in [2.75, 3.05) is 0 Å². The highest BCUT2D eigenvalue weighted by molar-refractivity contribution is 7.79. The largest absolute Gasteiger partial charge is 0.392 e. The summed E-state index contributed by atoms with van der Waals surface area (Å²) in [7, 11) is -2.85. The second-order valence-corrected chi connectivity index (χ2v) is 9.47. The minimum absolute atomic E-state index is 0.174. The lowest BCUT2D eigenvalue weighted by atomic mass is 9.98. The topological polar surface area (TPSA) is 37.3 Å². The van der Waals surface area contributed by atoms with E-state index in [0.717, 1.165) is 36.3 Å². The van der Waals surface area contributed by atoms with Crippen LogP contribution in [0.4, 0.5) is 0 Å². The Morgan fingerprint density at radius 1 is 0.739 bits per heavy atom. The van der Waals surface area contributed by atoms with Gasteiger partial charge in [-0.05, 0) is 12.8 Å². The Bertz CT molecular complexity index is 610. The molecule has 0 amide bonds. The van der Waals surface area contributed by atoms with Crippen molar-refractivity contribution in [2.24, 2.45) is 0 Å². The van der Waals surface area contributed by atoms with Crippen LogP contribution < -0.4 is 10.6 Å². The summed E-state index contributed by atoms with van der Waals surface area (Å²) in [6, 6.07) is 19.5. The third-order valence-corrected chi connectivity index (χ3v) is 8.61. The molecule has 0 heterocycles. The predicted octanol–water partition coefficient (Wildman–Crippen LogP) is 4.08. The van der Waals surface area contributed by atoms with Crippen molar-refractivity contribution in [3.8, 4) is 0 Å². The fourth-order valence-corrected chi connectivity index (χ4v) is 7.17. The standard InChI is InChI=1S/C20H25O2P/c21-19-15-9-1-2-10-16-20(19)23(22,17-11-5-3-6-12-17)18-13-7-4-8-14-18/h3-8,11-14,19-21H,1-2,9-10,15-16H2/t19-,20-/m0/s1. The van der Waals surface area contributed by atoms with Gasteiger partial charge in [0.2, 0.25) is 0 Å². The zero-order chi connectivity index (χ0) is 16.1. The Kier molecular flexibility index (Phi) is 5.35. The van der Waals surface area contributed by atoms with Crippen LogP contribution >= 0.6 is 7.14 Å². The summed E-state index contributed by atoms with van der Waals surface area (Å²) in [5.41, 5.74) is -0.174. The molecule has 1 aliphatic carbocycles. The quantitative estimate of drug-likeness (QED) is 0.862. The molecule has 0 unspecified atom stereocenters. The van der Waals surface area contributed by atoms with Crippen molar-refractivity contribution < 1.29 is 9.67 Å². The summed E-state index contributed by atoms with van der Waals surface area (Å²) in [6.45, 7) is 0. The van der Waals surface area contributed by atoms with Crippen LogP contribution in [0.15, 0.2) is 60.7 Å². The van der Waals surface area contributed by atoms with E-state index in [4.69, 9.17) is 0 Å². The number of benzene rings is 2. The van der Waals surface area contributed by atoms with Crippen molar-refractivity contribution in [3.05, 3.63) is 60.7 Å². The van der Waals surface area contributed by atoms with E-state index >= 15 is 0 Å². The highest BCUT2D eigenvalue weighted by Crippen LogP contribution is 2.52. The first-order chi connectivity index (χ1) is 11.2. The minimum atomic E-state index is -2.85. The van der Waals surface area contributed by atoms with Crippen LogP contribution in [0.5, 0.6) is 0 Å². The summed E-state index contributed by atoms with van der Waals surface area (Å²) in [5.74, 6) is 0. The van der Waals surface area contributed by atoms with Gasteiger partial charge in [-0.25, -0.2) is 0 Å². The lowest BCUT2D eigenvalue weighted by molar-refractivity contribution is 0.144. The van der Waals surface area contributed by atoms with Crippen molar-refractivity contribution in [3.63, 3.8) is 0 Å². The molecule has 1 N–H and O–H groups in total. The highest BCUT2D eigenvalue weighted by Gasteiger charge is 2.40. The van der Waals surface area contributed by atoms with Gasteiger partial charge in [-0.2, -0.15) is 0 Å². The van der Waals surface area contributed by atoms with E-state index in [9.17, 15) is 9.67 Å². The molecule has 2 aromatic rings. The molecule has 0 aromatic heterocycles. The van der Waals surface area contributed by atoms with E-state index < -0.39 is 13.2 Å². The van der Waals surface area contributed by atoms with E-state index in [1.807, 2.05) is 60.7 Å². The molecule has 3 heteroatoms. The number of aliphatic hydroxyl groups excluding tert-OH is 1. The fraction of sp³-hybridized carbons (Fsp3) is 0.400. The minimum Gasteiger partial charge on any atom is -0.392 e. The van der Waals surface area contributed by atoms with Crippen LogP contribution in [0.2, 0.25) is 0 Å². The summed E-state index contributed by atoms with van der Waals surface area (Å²) < 4.78 is 14.3. The molecule has 0 saturated heterocycles. The van der Waals surface area contributed by atoms with Crippen LogP contribution in [0.3, 0.4) is 0 Å². The second-order valence-electron chi connectivity index (χ2n) is 6.46. The van der Waals surface area contributed by atoms with Gasteiger partial charge >= 0.3 is 0 Å². The summed E-state index contributed by atoms with van der Waals surface area (Å²) in [4.78, 5) is 0. The Labute approximate surface area is 138 Å².